The van der Waals surface area contributed by atoms with Gasteiger partial charge in [-0.2, -0.15) is 0 Å². The Morgan fingerprint density at radius 3 is 2.50 bits per heavy atom. The number of hydrogen-bond acceptors (Lipinski definition) is 9. The number of rotatable bonds is 11. The average Bonchev–Trinajstić information content (AvgIpc) is 3.73. The number of nitrogens with one attached hydrogen (secondary N) is 2. The summed E-state index contributed by atoms with van der Waals surface area (Å²) >= 11 is 0. The van der Waals surface area contributed by atoms with Crippen LogP contribution < -0.4 is 25.0 Å². The van der Waals surface area contributed by atoms with E-state index >= 15 is 0 Å². The van der Waals surface area contributed by atoms with Gasteiger partial charge in [0, 0.05) is 62.8 Å². The normalized spacial score (nSPS) is 18.0. The molecule has 270 valence electrons. The maximum absolute atomic E-state index is 13.3. The quantitative estimate of drug-likeness (QED) is 0.190. The summed E-state index contributed by atoms with van der Waals surface area (Å²) in [5, 5.41) is 5.88. The fourth-order valence-electron chi connectivity index (χ4n) is 6.87. The minimum atomic E-state index is -0.391. The molecule has 2 aromatic carbocycles. The van der Waals surface area contributed by atoms with Crippen LogP contribution in [0.2, 0.25) is 0 Å². The second-order valence-electron chi connectivity index (χ2n) is 13.5. The van der Waals surface area contributed by atoms with Crippen molar-refractivity contribution >= 4 is 46.8 Å². The molecule has 3 aliphatic rings. The molecule has 2 fully saturated rings. The Kier molecular flexibility index (Phi) is 9.95. The number of aromatic nitrogens is 2. The number of pyridine rings is 1. The summed E-state index contributed by atoms with van der Waals surface area (Å²) < 4.78 is 18.7. The summed E-state index contributed by atoms with van der Waals surface area (Å²) in [7, 11) is 3.37. The van der Waals surface area contributed by atoms with Crippen molar-refractivity contribution in [1.29, 1.82) is 0 Å². The molecule has 1 atom stereocenters. The van der Waals surface area contributed by atoms with Crippen LogP contribution in [-0.4, -0.2) is 90.5 Å². The van der Waals surface area contributed by atoms with Crippen molar-refractivity contribution < 1.29 is 28.6 Å². The zero-order valence-corrected chi connectivity index (χ0v) is 29.7. The monoisotopic (exact) mass is 705 g/mol. The molecule has 2 saturated heterocycles. The predicted molar refractivity (Wildman–Crippen MR) is 199 cm³/mol. The molecule has 0 bridgehead atoms. The third kappa shape index (κ3) is 7.35. The second kappa shape index (κ2) is 14.9. The number of carbonyl (C=O) groups is 3. The van der Waals surface area contributed by atoms with Gasteiger partial charge in [-0.15, -0.1) is 0 Å². The Labute approximate surface area is 302 Å². The first kappa shape index (κ1) is 34.7. The van der Waals surface area contributed by atoms with E-state index in [4.69, 9.17) is 14.2 Å². The lowest BCUT2D eigenvalue weighted by atomic mass is 10.0. The first-order valence-electron chi connectivity index (χ1n) is 17.6. The van der Waals surface area contributed by atoms with E-state index in [1.54, 1.807) is 22.9 Å². The van der Waals surface area contributed by atoms with Crippen LogP contribution >= 0.6 is 0 Å². The summed E-state index contributed by atoms with van der Waals surface area (Å²) in [5.41, 5.74) is 4.23. The zero-order chi connectivity index (χ0) is 36.2. The predicted octanol–water partition coefficient (Wildman–Crippen LogP) is 5.69. The molecule has 2 N–H and O–H groups in total. The number of aryl methyl sites for hydroxylation is 1. The second-order valence-corrected chi connectivity index (χ2v) is 13.5. The molecule has 0 unspecified atom stereocenters. The number of methoxy groups -OCH3 is 1. The lowest BCUT2D eigenvalue weighted by Gasteiger charge is -2.30. The highest BCUT2D eigenvalue weighted by Gasteiger charge is 2.41. The van der Waals surface area contributed by atoms with E-state index in [9.17, 15) is 14.4 Å². The first-order valence-corrected chi connectivity index (χ1v) is 17.6. The molecule has 0 aliphatic carbocycles. The molecule has 4 aromatic rings. The van der Waals surface area contributed by atoms with Gasteiger partial charge in [-0.3, -0.25) is 19.4 Å². The Balaban J connectivity index is 0.899. The summed E-state index contributed by atoms with van der Waals surface area (Å²) in [4.78, 5) is 52.4. The topological polar surface area (TPSA) is 140 Å². The number of morpholine rings is 1. The number of benzene rings is 2. The lowest BCUT2D eigenvalue weighted by Crippen LogP contribution is -2.45. The van der Waals surface area contributed by atoms with Crippen molar-refractivity contribution in [1.82, 2.24) is 14.5 Å². The maximum Gasteiger partial charge on any atom is 0.272 e. The molecular weight excluding hydrogens is 662 g/mol. The highest BCUT2D eigenvalue weighted by Crippen LogP contribution is 2.40. The Morgan fingerprint density at radius 2 is 1.75 bits per heavy atom. The van der Waals surface area contributed by atoms with Crippen molar-refractivity contribution in [3.8, 4) is 22.6 Å². The first-order chi connectivity index (χ1) is 25.2. The van der Waals surface area contributed by atoms with E-state index in [-0.39, 0.29) is 30.7 Å². The zero-order valence-electron chi connectivity index (χ0n) is 29.7. The van der Waals surface area contributed by atoms with Crippen molar-refractivity contribution in [2.75, 3.05) is 62.1 Å². The largest absolute Gasteiger partial charge is 0.493 e. The van der Waals surface area contributed by atoms with Gasteiger partial charge in [0.1, 0.15) is 11.5 Å². The van der Waals surface area contributed by atoms with Crippen molar-refractivity contribution in [3.63, 3.8) is 0 Å². The van der Waals surface area contributed by atoms with Crippen LogP contribution in [0, 0.1) is 0 Å². The van der Waals surface area contributed by atoms with Gasteiger partial charge in [-0.1, -0.05) is 12.1 Å². The number of amides is 3. The van der Waals surface area contributed by atoms with E-state index in [0.29, 0.717) is 66.0 Å². The molecule has 52 heavy (non-hydrogen) atoms. The Hall–Kier alpha value is -5.69. The third-order valence-corrected chi connectivity index (χ3v) is 9.81. The molecule has 0 spiro atoms. The number of anilines is 3. The molecule has 13 heteroatoms. The number of hydrogen-bond donors (Lipinski definition) is 2. The summed E-state index contributed by atoms with van der Waals surface area (Å²) in [6.45, 7) is 5.97. The molecule has 5 heterocycles. The molecule has 3 amide bonds. The van der Waals surface area contributed by atoms with E-state index in [0.717, 1.165) is 42.9 Å². The van der Waals surface area contributed by atoms with Crippen LogP contribution in [0.4, 0.5) is 22.9 Å². The molecular formula is C39H43N7O6. The molecule has 2 aromatic heterocycles. The molecule has 7 rings (SSSR count). The Morgan fingerprint density at radius 1 is 0.962 bits per heavy atom. The van der Waals surface area contributed by atoms with Crippen LogP contribution in [0.25, 0.3) is 11.1 Å². The van der Waals surface area contributed by atoms with Gasteiger partial charge in [0.15, 0.2) is 11.5 Å². The van der Waals surface area contributed by atoms with Crippen LogP contribution in [0.15, 0.2) is 72.0 Å². The van der Waals surface area contributed by atoms with Gasteiger partial charge in [-0.25, -0.2) is 4.98 Å². The molecule has 13 nitrogen and oxygen atoms in total. The number of aliphatic imine (C=N–C) groups is 1. The smallest absolute Gasteiger partial charge is 0.272 e. The van der Waals surface area contributed by atoms with Gasteiger partial charge < -0.3 is 39.2 Å². The van der Waals surface area contributed by atoms with Gasteiger partial charge in [0.2, 0.25) is 5.91 Å². The van der Waals surface area contributed by atoms with Gasteiger partial charge >= 0.3 is 0 Å². The minimum Gasteiger partial charge on any atom is -0.493 e. The van der Waals surface area contributed by atoms with Gasteiger partial charge in [-0.05, 0) is 68.1 Å². The van der Waals surface area contributed by atoms with Crippen LogP contribution in [-0.2, 0) is 16.6 Å². The number of ether oxygens (including phenoxy) is 3. The highest BCUT2D eigenvalue weighted by atomic mass is 16.5. The third-order valence-electron chi connectivity index (χ3n) is 9.81. The van der Waals surface area contributed by atoms with E-state index < -0.39 is 5.54 Å². The van der Waals surface area contributed by atoms with Crippen molar-refractivity contribution in [3.05, 3.63) is 78.2 Å². The molecule has 0 saturated carbocycles. The fraction of sp³-hybridized carbons (Fsp3) is 0.359. The summed E-state index contributed by atoms with van der Waals surface area (Å²) in [6, 6.07) is 16.5. The van der Waals surface area contributed by atoms with E-state index in [1.165, 1.54) is 7.11 Å². The van der Waals surface area contributed by atoms with Gasteiger partial charge in [0.25, 0.3) is 11.8 Å². The molecule has 3 aliphatic heterocycles. The van der Waals surface area contributed by atoms with Gasteiger partial charge in [0.05, 0.1) is 55.6 Å². The molecule has 0 radical (unpaired) electrons. The number of fused-ring (bicyclic) bond motifs is 2. The summed E-state index contributed by atoms with van der Waals surface area (Å²) in [5.74, 6) is 1.36. The fourth-order valence-corrected chi connectivity index (χ4v) is 6.87. The summed E-state index contributed by atoms with van der Waals surface area (Å²) in [6.07, 6.45) is 7.98. The lowest BCUT2D eigenvalue weighted by molar-refractivity contribution is -0.116. The van der Waals surface area contributed by atoms with Crippen molar-refractivity contribution in [2.45, 2.75) is 38.1 Å². The number of nitrogens with zero attached hydrogens (tertiary/aromatic N) is 5. The SMILES string of the molecule is COc1cc2c(cc1OCCCC(=O)Nc1ccc(-c3cc(C(=O)Nc4ccc(N5CCOCC5)nc4)n(C)c3)cc1)N=C[C@]1(C)CCCN1C2=O. The number of carbonyl (C=O) groups excluding carboxylic acids is 3. The van der Waals surface area contributed by atoms with Crippen LogP contribution in [0.1, 0.15) is 53.5 Å². The standard InChI is InChI=1S/C39H43N7O6/c1-39-13-5-14-46(39)38(49)30-21-33(50-3)34(22-31(30)41-25-39)52-17-4-6-36(47)42-28-9-7-26(8-10-28)27-20-32(44(2)24-27)37(48)43-29-11-12-35(40-23-29)45-15-18-51-19-16-45/h7-12,20-25H,4-6,13-19H2,1-3H3,(H,42,47)(H,43,48)/t39-/m0/s1. The maximum atomic E-state index is 13.3. The minimum absolute atomic E-state index is 0.0571. The van der Waals surface area contributed by atoms with Crippen LogP contribution in [0.5, 0.6) is 11.5 Å². The average molecular weight is 706 g/mol. The Bertz CT molecular complexity index is 1990. The van der Waals surface area contributed by atoms with E-state index in [2.05, 4.69) is 25.5 Å². The van der Waals surface area contributed by atoms with Crippen molar-refractivity contribution in [2.24, 2.45) is 12.0 Å². The van der Waals surface area contributed by atoms with Crippen LogP contribution in [0.3, 0.4) is 0 Å². The van der Waals surface area contributed by atoms with E-state index in [1.807, 2.05) is 73.7 Å². The highest BCUT2D eigenvalue weighted by molar-refractivity contribution is 6.05.